The molecule has 2 aromatic rings. The number of carbonyl (C=O) groups excluding carboxylic acids is 2. The van der Waals surface area contributed by atoms with E-state index < -0.39 is 6.10 Å². The maximum atomic E-state index is 13.2. The molecular weight excluding hydrogens is 400 g/mol. The van der Waals surface area contributed by atoms with Gasteiger partial charge < -0.3 is 14.8 Å². The van der Waals surface area contributed by atoms with Crippen LogP contribution < -0.4 is 10.1 Å². The van der Waals surface area contributed by atoms with E-state index in [0.717, 1.165) is 10.4 Å². The van der Waals surface area contributed by atoms with Crippen molar-refractivity contribution >= 4 is 34.9 Å². The summed E-state index contributed by atoms with van der Waals surface area (Å²) in [4.78, 5) is 26.8. The molecule has 1 aromatic carbocycles. The fraction of sp³-hybridized carbons (Fsp3) is 0.174. The largest absolute Gasteiger partial charge is 0.497 e. The highest BCUT2D eigenvalue weighted by atomic mass is 32.1. The van der Waals surface area contributed by atoms with E-state index in [1.165, 1.54) is 4.58 Å². The van der Waals surface area contributed by atoms with Crippen LogP contribution in [0.3, 0.4) is 0 Å². The minimum Gasteiger partial charge on any atom is -0.497 e. The number of thiophene rings is 1. The van der Waals surface area contributed by atoms with Gasteiger partial charge in [0.1, 0.15) is 5.75 Å². The number of carbonyl (C=O) groups is 2. The number of ether oxygens (including phenoxy) is 2. The fourth-order valence-corrected chi connectivity index (χ4v) is 3.88. The average Bonchev–Trinajstić information content (AvgIpc) is 3.29. The number of methoxy groups -OCH3 is 1. The molecule has 0 fully saturated rings. The Kier molecular flexibility index (Phi) is 5.90. The zero-order chi connectivity index (χ0) is 20.9. The number of nitrogens with one attached hydrogen (secondary N) is 1. The molecule has 1 N–H and O–H groups in total. The predicted molar refractivity (Wildman–Crippen MR) is 115 cm³/mol. The van der Waals surface area contributed by atoms with Crippen LogP contribution in [-0.2, 0) is 20.9 Å². The zero-order valence-corrected chi connectivity index (χ0v) is 17.2. The molecule has 0 spiro atoms. The second-order valence-electron chi connectivity index (χ2n) is 6.74. The SMILES string of the molecule is COc1cccc(/C=C2/OC3C=CC=CC3=[N+](CC(=O)NCc3cccs3)C2=O)c1. The summed E-state index contributed by atoms with van der Waals surface area (Å²) in [5.74, 6) is 0.289. The van der Waals surface area contributed by atoms with Crippen LogP contribution in [0.5, 0.6) is 5.75 Å². The highest BCUT2D eigenvalue weighted by molar-refractivity contribution is 7.09. The Labute approximate surface area is 178 Å². The summed E-state index contributed by atoms with van der Waals surface area (Å²) < 4.78 is 12.7. The van der Waals surface area contributed by atoms with Crippen LogP contribution in [0.4, 0.5) is 0 Å². The molecule has 1 aliphatic heterocycles. The lowest BCUT2D eigenvalue weighted by Gasteiger charge is -2.22. The van der Waals surface area contributed by atoms with Gasteiger partial charge in [0.25, 0.3) is 5.91 Å². The molecular formula is C23H21N2O4S+. The van der Waals surface area contributed by atoms with Gasteiger partial charge in [-0.05, 0) is 41.3 Å². The van der Waals surface area contributed by atoms with Crippen molar-refractivity contribution < 1.29 is 23.6 Å². The molecule has 1 aliphatic carbocycles. The molecule has 4 rings (SSSR count). The molecule has 7 heteroatoms. The molecule has 1 atom stereocenters. The summed E-state index contributed by atoms with van der Waals surface area (Å²) >= 11 is 1.57. The predicted octanol–water partition coefficient (Wildman–Crippen LogP) is 2.92. The van der Waals surface area contributed by atoms with E-state index >= 15 is 0 Å². The van der Waals surface area contributed by atoms with Crippen molar-refractivity contribution in [2.45, 2.75) is 12.6 Å². The van der Waals surface area contributed by atoms with Crippen molar-refractivity contribution in [3.8, 4) is 5.75 Å². The molecule has 2 heterocycles. The van der Waals surface area contributed by atoms with Crippen LogP contribution in [0.2, 0.25) is 0 Å². The maximum absolute atomic E-state index is 13.2. The first-order chi connectivity index (χ1) is 14.6. The number of amides is 2. The Morgan fingerprint density at radius 2 is 2.20 bits per heavy atom. The van der Waals surface area contributed by atoms with Gasteiger partial charge >= 0.3 is 5.91 Å². The van der Waals surface area contributed by atoms with Crippen molar-refractivity contribution in [3.63, 3.8) is 0 Å². The van der Waals surface area contributed by atoms with E-state index in [1.807, 2.05) is 60.0 Å². The van der Waals surface area contributed by atoms with Gasteiger partial charge in [-0.2, -0.15) is 0 Å². The van der Waals surface area contributed by atoms with Crippen molar-refractivity contribution in [1.29, 1.82) is 0 Å². The van der Waals surface area contributed by atoms with Gasteiger partial charge in [-0.3, -0.25) is 4.79 Å². The van der Waals surface area contributed by atoms with Crippen LogP contribution in [0.1, 0.15) is 10.4 Å². The summed E-state index contributed by atoms with van der Waals surface area (Å²) in [6.07, 6.45) is 8.60. The standard InChI is InChI=1S/C23H20N2O4S/c1-28-17-7-4-6-16(12-17)13-21-23(27)25(19-9-2-3-10-20(19)29-21)15-22(26)24-14-18-8-5-11-30-18/h2-13,20H,14-15H2,1H3/p+1/b21-13+. The smallest absolute Gasteiger partial charge is 0.455 e. The van der Waals surface area contributed by atoms with E-state index in [-0.39, 0.29) is 24.1 Å². The number of rotatable bonds is 6. The maximum Gasteiger partial charge on any atom is 0.455 e. The third-order valence-corrected chi connectivity index (χ3v) is 5.59. The van der Waals surface area contributed by atoms with Crippen LogP contribution in [-0.4, -0.2) is 41.9 Å². The molecule has 2 aliphatic rings. The molecule has 0 radical (unpaired) electrons. The molecule has 0 saturated heterocycles. The first-order valence-electron chi connectivity index (χ1n) is 9.49. The highest BCUT2D eigenvalue weighted by Crippen LogP contribution is 2.22. The van der Waals surface area contributed by atoms with Crippen molar-refractivity contribution in [3.05, 3.63) is 82.3 Å². The molecule has 1 aromatic heterocycles. The molecule has 0 saturated carbocycles. The van der Waals surface area contributed by atoms with E-state index in [0.29, 0.717) is 18.0 Å². The van der Waals surface area contributed by atoms with Crippen LogP contribution >= 0.6 is 11.3 Å². The van der Waals surface area contributed by atoms with Crippen molar-refractivity contribution in [1.82, 2.24) is 5.32 Å². The molecule has 1 unspecified atom stereocenters. The molecule has 6 nitrogen and oxygen atoms in total. The monoisotopic (exact) mass is 421 g/mol. The zero-order valence-electron chi connectivity index (χ0n) is 16.4. The number of hydrogen-bond acceptors (Lipinski definition) is 5. The van der Waals surface area contributed by atoms with Crippen molar-refractivity contribution in [2.24, 2.45) is 0 Å². The quantitative estimate of drug-likeness (QED) is 0.575. The normalized spacial score (nSPS) is 18.9. The van der Waals surface area contributed by atoms with Gasteiger partial charge in [-0.15, -0.1) is 15.9 Å². The number of hydrogen-bond donors (Lipinski definition) is 1. The van der Waals surface area contributed by atoms with Gasteiger partial charge in [0.05, 0.1) is 13.7 Å². The van der Waals surface area contributed by atoms with E-state index in [9.17, 15) is 9.59 Å². The Balaban J connectivity index is 1.58. The van der Waals surface area contributed by atoms with Crippen LogP contribution in [0.25, 0.3) is 6.08 Å². The third kappa shape index (κ3) is 4.41. The number of nitrogens with zero attached hydrogens (tertiary/aromatic N) is 1. The number of benzene rings is 1. The Morgan fingerprint density at radius 3 is 3.00 bits per heavy atom. The first-order valence-corrected chi connectivity index (χ1v) is 10.4. The Hall–Kier alpha value is -3.45. The number of allylic oxidation sites excluding steroid dienone is 2. The third-order valence-electron chi connectivity index (χ3n) is 4.71. The Bertz CT molecular complexity index is 1080. The lowest BCUT2D eigenvalue weighted by molar-refractivity contribution is -0.443. The highest BCUT2D eigenvalue weighted by Gasteiger charge is 2.40. The van der Waals surface area contributed by atoms with Gasteiger partial charge in [0.15, 0.2) is 0 Å². The minimum absolute atomic E-state index is 0.0764. The fourth-order valence-electron chi connectivity index (χ4n) is 3.23. The van der Waals surface area contributed by atoms with Gasteiger partial charge in [0, 0.05) is 11.0 Å². The first kappa shape index (κ1) is 19.8. The van der Waals surface area contributed by atoms with E-state index in [1.54, 1.807) is 30.6 Å². The second-order valence-corrected chi connectivity index (χ2v) is 7.77. The van der Waals surface area contributed by atoms with E-state index in [2.05, 4.69) is 5.32 Å². The Morgan fingerprint density at radius 1 is 1.30 bits per heavy atom. The lowest BCUT2D eigenvalue weighted by atomic mass is 10.1. The minimum atomic E-state index is -0.422. The van der Waals surface area contributed by atoms with Gasteiger partial charge in [-0.1, -0.05) is 30.4 Å². The summed E-state index contributed by atoms with van der Waals surface area (Å²) in [5.41, 5.74) is 1.43. The van der Waals surface area contributed by atoms with Gasteiger partial charge in [-0.25, -0.2) is 4.79 Å². The van der Waals surface area contributed by atoms with Crippen LogP contribution in [0, 0.1) is 0 Å². The molecule has 30 heavy (non-hydrogen) atoms. The molecule has 152 valence electrons. The van der Waals surface area contributed by atoms with Gasteiger partial charge in [0.2, 0.25) is 24.1 Å². The second kappa shape index (κ2) is 8.92. The average molecular weight is 421 g/mol. The summed E-state index contributed by atoms with van der Waals surface area (Å²) in [7, 11) is 1.59. The van der Waals surface area contributed by atoms with Crippen LogP contribution in [0.15, 0.2) is 71.8 Å². The van der Waals surface area contributed by atoms with Crippen molar-refractivity contribution in [2.75, 3.05) is 13.7 Å². The lowest BCUT2D eigenvalue weighted by Crippen LogP contribution is -2.46. The summed E-state index contributed by atoms with van der Waals surface area (Å²) in [6, 6.07) is 11.2. The number of fused-ring (bicyclic) bond motifs is 1. The summed E-state index contributed by atoms with van der Waals surface area (Å²) in [5, 5.41) is 4.83. The molecule has 0 bridgehead atoms. The summed E-state index contributed by atoms with van der Waals surface area (Å²) in [6.45, 7) is 0.364. The topological polar surface area (TPSA) is 67.6 Å². The van der Waals surface area contributed by atoms with E-state index in [4.69, 9.17) is 9.47 Å². The molecule has 2 amide bonds.